The van der Waals surface area contributed by atoms with Crippen LogP contribution in [0.15, 0.2) is 29.3 Å². The van der Waals surface area contributed by atoms with Gasteiger partial charge in [-0.25, -0.2) is 0 Å². The molecule has 5 nitrogen and oxygen atoms in total. The van der Waals surface area contributed by atoms with Crippen molar-refractivity contribution in [3.05, 3.63) is 35.4 Å². The molecule has 0 amide bonds. The van der Waals surface area contributed by atoms with E-state index in [-0.39, 0.29) is 12.1 Å². The molecular formula is C19H29F3N4O. The summed E-state index contributed by atoms with van der Waals surface area (Å²) in [6, 6.07) is 5.68. The molecule has 1 aliphatic rings. The summed E-state index contributed by atoms with van der Waals surface area (Å²) in [6.07, 6.45) is -4.35. The number of hydrogen-bond acceptors (Lipinski definition) is 3. The van der Waals surface area contributed by atoms with E-state index in [1.807, 2.05) is 6.92 Å². The summed E-state index contributed by atoms with van der Waals surface area (Å²) in [7, 11) is 1.65. The van der Waals surface area contributed by atoms with Crippen LogP contribution < -0.4 is 10.6 Å². The first kappa shape index (κ1) is 21.5. The second kappa shape index (κ2) is 9.41. The lowest BCUT2D eigenvalue weighted by molar-refractivity contribution is -0.137. The Hall–Kier alpha value is -1.80. The van der Waals surface area contributed by atoms with Crippen molar-refractivity contribution in [1.29, 1.82) is 0 Å². The van der Waals surface area contributed by atoms with E-state index in [2.05, 4.69) is 34.4 Å². The van der Waals surface area contributed by atoms with Gasteiger partial charge in [0.15, 0.2) is 5.96 Å². The summed E-state index contributed by atoms with van der Waals surface area (Å²) in [5, 5.41) is 6.43. The van der Waals surface area contributed by atoms with E-state index in [1.54, 1.807) is 13.1 Å². The number of alkyl halides is 3. The molecule has 0 bridgehead atoms. The van der Waals surface area contributed by atoms with Crippen LogP contribution in [-0.2, 0) is 10.9 Å². The molecule has 3 unspecified atom stereocenters. The van der Waals surface area contributed by atoms with E-state index in [9.17, 15) is 13.2 Å². The molecule has 3 atom stereocenters. The maximum atomic E-state index is 12.9. The van der Waals surface area contributed by atoms with Gasteiger partial charge in [-0.3, -0.25) is 9.89 Å². The second-order valence-corrected chi connectivity index (χ2v) is 6.95. The molecule has 8 heteroatoms. The third-order valence-electron chi connectivity index (χ3n) is 4.84. The molecule has 2 rings (SSSR count). The van der Waals surface area contributed by atoms with E-state index in [0.29, 0.717) is 24.1 Å². The number of hydrogen-bond donors (Lipinski definition) is 2. The van der Waals surface area contributed by atoms with Crippen molar-refractivity contribution in [1.82, 2.24) is 15.5 Å². The maximum Gasteiger partial charge on any atom is 0.416 e. The zero-order valence-electron chi connectivity index (χ0n) is 16.3. The number of guanidine groups is 1. The Bertz CT molecular complexity index is 636. The van der Waals surface area contributed by atoms with Gasteiger partial charge in [0, 0.05) is 32.2 Å². The molecule has 0 aliphatic carbocycles. The first-order chi connectivity index (χ1) is 12.7. The van der Waals surface area contributed by atoms with Crippen LogP contribution in [0.25, 0.3) is 0 Å². The molecule has 27 heavy (non-hydrogen) atoms. The molecule has 1 aromatic carbocycles. The van der Waals surface area contributed by atoms with Crippen molar-refractivity contribution in [3.63, 3.8) is 0 Å². The molecule has 1 aromatic rings. The van der Waals surface area contributed by atoms with E-state index >= 15 is 0 Å². The van der Waals surface area contributed by atoms with E-state index in [4.69, 9.17) is 4.74 Å². The van der Waals surface area contributed by atoms with Gasteiger partial charge in [0.25, 0.3) is 0 Å². The summed E-state index contributed by atoms with van der Waals surface area (Å²) in [6.45, 7) is 9.11. The van der Waals surface area contributed by atoms with E-state index in [1.165, 1.54) is 12.1 Å². The highest BCUT2D eigenvalue weighted by Gasteiger charge is 2.30. The van der Waals surface area contributed by atoms with Crippen molar-refractivity contribution in [2.24, 2.45) is 4.99 Å². The Morgan fingerprint density at radius 3 is 2.74 bits per heavy atom. The molecule has 0 aromatic heterocycles. The quantitative estimate of drug-likeness (QED) is 0.603. The van der Waals surface area contributed by atoms with Crippen LogP contribution in [0.5, 0.6) is 0 Å². The van der Waals surface area contributed by atoms with Crippen molar-refractivity contribution in [3.8, 4) is 0 Å². The molecule has 152 valence electrons. The van der Waals surface area contributed by atoms with Crippen molar-refractivity contribution < 1.29 is 17.9 Å². The summed E-state index contributed by atoms with van der Waals surface area (Å²) in [5.74, 6) is 0.563. The fourth-order valence-electron chi connectivity index (χ4n) is 3.22. The lowest BCUT2D eigenvalue weighted by Gasteiger charge is -2.38. The van der Waals surface area contributed by atoms with Crippen LogP contribution in [0.1, 0.15) is 37.9 Å². The minimum Gasteiger partial charge on any atom is -0.379 e. The predicted molar refractivity (Wildman–Crippen MR) is 101 cm³/mol. The van der Waals surface area contributed by atoms with Crippen LogP contribution >= 0.6 is 0 Å². The molecule has 0 spiro atoms. The third kappa shape index (κ3) is 6.10. The normalized spacial score (nSPS) is 21.6. The number of morpholine rings is 1. The topological polar surface area (TPSA) is 48.9 Å². The van der Waals surface area contributed by atoms with Crippen molar-refractivity contribution in [2.75, 3.05) is 33.4 Å². The van der Waals surface area contributed by atoms with Gasteiger partial charge in [-0.2, -0.15) is 13.2 Å². The Morgan fingerprint density at radius 2 is 2.11 bits per heavy atom. The number of aliphatic imine (C=N–C) groups is 1. The van der Waals surface area contributed by atoms with Crippen LogP contribution in [0.2, 0.25) is 0 Å². The van der Waals surface area contributed by atoms with Crippen molar-refractivity contribution in [2.45, 2.75) is 45.1 Å². The first-order valence-corrected chi connectivity index (χ1v) is 9.20. The number of ether oxygens (including phenoxy) is 1. The SMILES string of the molecule is CN=C(NCC(C)N1CCOCC1C)NC(C)c1cccc(C(F)(F)F)c1. The Morgan fingerprint density at radius 1 is 1.37 bits per heavy atom. The molecule has 1 fully saturated rings. The second-order valence-electron chi connectivity index (χ2n) is 6.95. The first-order valence-electron chi connectivity index (χ1n) is 9.20. The van der Waals surface area contributed by atoms with Gasteiger partial charge >= 0.3 is 6.18 Å². The van der Waals surface area contributed by atoms with E-state index < -0.39 is 11.7 Å². The smallest absolute Gasteiger partial charge is 0.379 e. The lowest BCUT2D eigenvalue weighted by Crippen LogP contribution is -2.53. The largest absolute Gasteiger partial charge is 0.416 e. The zero-order valence-corrected chi connectivity index (χ0v) is 16.3. The molecule has 1 heterocycles. The fraction of sp³-hybridized carbons (Fsp3) is 0.632. The van der Waals surface area contributed by atoms with Gasteiger partial charge in [0.05, 0.1) is 24.8 Å². The average Bonchev–Trinajstić information content (AvgIpc) is 2.64. The van der Waals surface area contributed by atoms with Crippen LogP contribution in [0.3, 0.4) is 0 Å². The van der Waals surface area contributed by atoms with Gasteiger partial charge in [0.2, 0.25) is 0 Å². The van der Waals surface area contributed by atoms with Gasteiger partial charge in [-0.1, -0.05) is 12.1 Å². The van der Waals surface area contributed by atoms with Crippen LogP contribution in [0.4, 0.5) is 13.2 Å². The lowest BCUT2D eigenvalue weighted by atomic mass is 10.1. The Balaban J connectivity index is 1.92. The molecule has 0 saturated carbocycles. The van der Waals surface area contributed by atoms with Crippen LogP contribution in [0, 0.1) is 0 Å². The molecule has 2 N–H and O–H groups in total. The molecular weight excluding hydrogens is 357 g/mol. The third-order valence-corrected chi connectivity index (χ3v) is 4.84. The highest BCUT2D eigenvalue weighted by molar-refractivity contribution is 5.80. The number of halogens is 3. The minimum absolute atomic E-state index is 0.284. The minimum atomic E-state index is -4.35. The molecule has 1 aliphatic heterocycles. The summed E-state index contributed by atoms with van der Waals surface area (Å²) < 4.78 is 44.2. The van der Waals surface area contributed by atoms with Crippen molar-refractivity contribution >= 4 is 5.96 Å². The summed E-state index contributed by atoms with van der Waals surface area (Å²) in [4.78, 5) is 6.56. The predicted octanol–water partition coefficient (Wildman–Crippen LogP) is 3.04. The molecule has 0 radical (unpaired) electrons. The number of nitrogens with zero attached hydrogens (tertiary/aromatic N) is 2. The Labute approximate surface area is 159 Å². The number of nitrogens with one attached hydrogen (secondary N) is 2. The fourth-order valence-corrected chi connectivity index (χ4v) is 3.22. The van der Waals surface area contributed by atoms with Gasteiger partial charge in [-0.05, 0) is 38.5 Å². The average molecular weight is 386 g/mol. The zero-order chi connectivity index (χ0) is 20.0. The van der Waals surface area contributed by atoms with Gasteiger partial charge in [0.1, 0.15) is 0 Å². The summed E-state index contributed by atoms with van der Waals surface area (Å²) >= 11 is 0. The highest BCUT2D eigenvalue weighted by atomic mass is 19.4. The van der Waals surface area contributed by atoms with Gasteiger partial charge < -0.3 is 15.4 Å². The monoisotopic (exact) mass is 386 g/mol. The van der Waals surface area contributed by atoms with Crippen LogP contribution in [-0.4, -0.2) is 56.3 Å². The Kier molecular flexibility index (Phi) is 7.49. The molecule has 1 saturated heterocycles. The standard InChI is InChI=1S/C19H29F3N4O/c1-13(26-8-9-27-12-14(26)2)11-24-18(23-4)25-15(3)16-6-5-7-17(10-16)19(20,21)22/h5-7,10,13-15H,8-9,11-12H2,1-4H3,(H2,23,24,25). The number of rotatable bonds is 5. The summed E-state index contributed by atoms with van der Waals surface area (Å²) in [5.41, 5.74) is -0.0888. The van der Waals surface area contributed by atoms with E-state index in [0.717, 1.165) is 25.8 Å². The highest BCUT2D eigenvalue weighted by Crippen LogP contribution is 2.30. The van der Waals surface area contributed by atoms with Gasteiger partial charge in [-0.15, -0.1) is 0 Å². The number of benzene rings is 1. The maximum absolute atomic E-state index is 12.9.